The Hall–Kier alpha value is -0.350. The first-order valence-corrected chi connectivity index (χ1v) is 5.91. The fourth-order valence-corrected chi connectivity index (χ4v) is 1.44. The SMILES string of the molecule is COCCCNC(=S)N(C)C(C)C(C)C. The van der Waals surface area contributed by atoms with Gasteiger partial charge in [-0.1, -0.05) is 13.8 Å². The van der Waals surface area contributed by atoms with Crippen molar-refractivity contribution in [3.63, 3.8) is 0 Å². The molecule has 1 atom stereocenters. The molecule has 0 aliphatic rings. The zero-order chi connectivity index (χ0) is 11.8. The van der Waals surface area contributed by atoms with Crippen molar-refractivity contribution in [1.82, 2.24) is 10.2 Å². The van der Waals surface area contributed by atoms with Crippen LogP contribution in [0.4, 0.5) is 0 Å². The normalized spacial score (nSPS) is 12.7. The predicted octanol–water partition coefficient (Wildman–Crippen LogP) is 1.87. The molecule has 90 valence electrons. The van der Waals surface area contributed by atoms with Gasteiger partial charge in [-0.25, -0.2) is 0 Å². The van der Waals surface area contributed by atoms with E-state index in [-0.39, 0.29) is 0 Å². The number of nitrogens with one attached hydrogen (secondary N) is 1. The highest BCUT2D eigenvalue weighted by Gasteiger charge is 2.14. The van der Waals surface area contributed by atoms with Gasteiger partial charge in [0.25, 0.3) is 0 Å². The van der Waals surface area contributed by atoms with Crippen LogP contribution in [0.2, 0.25) is 0 Å². The number of hydrogen-bond donors (Lipinski definition) is 1. The largest absolute Gasteiger partial charge is 0.385 e. The van der Waals surface area contributed by atoms with Crippen molar-refractivity contribution in [3.05, 3.63) is 0 Å². The Morgan fingerprint density at radius 2 is 2.00 bits per heavy atom. The summed E-state index contributed by atoms with van der Waals surface area (Å²) in [5, 5.41) is 4.06. The molecule has 4 heteroatoms. The van der Waals surface area contributed by atoms with E-state index in [1.807, 2.05) is 7.05 Å². The molecule has 0 fully saturated rings. The summed E-state index contributed by atoms with van der Waals surface area (Å²) in [5.74, 6) is 0.605. The van der Waals surface area contributed by atoms with Gasteiger partial charge in [0.15, 0.2) is 5.11 Å². The maximum Gasteiger partial charge on any atom is 0.168 e. The third-order valence-electron chi connectivity index (χ3n) is 2.70. The third kappa shape index (κ3) is 5.95. The summed E-state index contributed by atoms with van der Waals surface area (Å²) in [7, 11) is 3.75. The van der Waals surface area contributed by atoms with Crippen molar-refractivity contribution in [3.8, 4) is 0 Å². The summed E-state index contributed by atoms with van der Waals surface area (Å²) in [6, 6.07) is 0.465. The van der Waals surface area contributed by atoms with Gasteiger partial charge in [0.2, 0.25) is 0 Å². The van der Waals surface area contributed by atoms with Crippen LogP contribution in [0, 0.1) is 5.92 Å². The lowest BCUT2D eigenvalue weighted by Crippen LogP contribution is -2.44. The Morgan fingerprint density at radius 3 is 2.47 bits per heavy atom. The van der Waals surface area contributed by atoms with Crippen LogP contribution in [0.15, 0.2) is 0 Å². The third-order valence-corrected chi connectivity index (χ3v) is 3.13. The second kappa shape index (κ2) is 7.88. The average Bonchev–Trinajstić information content (AvgIpc) is 2.21. The number of methoxy groups -OCH3 is 1. The molecule has 0 radical (unpaired) electrons. The van der Waals surface area contributed by atoms with Gasteiger partial charge in [0, 0.05) is 33.4 Å². The lowest BCUT2D eigenvalue weighted by molar-refractivity contribution is 0.195. The van der Waals surface area contributed by atoms with E-state index in [1.54, 1.807) is 7.11 Å². The second-order valence-corrected chi connectivity index (χ2v) is 4.56. The van der Waals surface area contributed by atoms with Gasteiger partial charge in [-0.2, -0.15) is 0 Å². The van der Waals surface area contributed by atoms with Gasteiger partial charge in [-0.05, 0) is 31.5 Å². The van der Waals surface area contributed by atoms with Crippen molar-refractivity contribution in [2.75, 3.05) is 27.3 Å². The van der Waals surface area contributed by atoms with E-state index in [0.717, 1.165) is 24.7 Å². The lowest BCUT2D eigenvalue weighted by Gasteiger charge is -2.30. The Morgan fingerprint density at radius 1 is 1.40 bits per heavy atom. The number of hydrogen-bond acceptors (Lipinski definition) is 2. The molecule has 0 saturated heterocycles. The molecule has 0 bridgehead atoms. The molecule has 0 aromatic rings. The van der Waals surface area contributed by atoms with Crippen LogP contribution in [0.25, 0.3) is 0 Å². The molecule has 0 amide bonds. The maximum atomic E-state index is 5.30. The standard InChI is InChI=1S/C11H24N2OS/c1-9(2)10(3)13(4)11(15)12-7-6-8-14-5/h9-10H,6-8H2,1-5H3,(H,12,15). The first kappa shape index (κ1) is 14.6. The minimum Gasteiger partial charge on any atom is -0.385 e. The van der Waals surface area contributed by atoms with Crippen LogP contribution in [0.5, 0.6) is 0 Å². The van der Waals surface area contributed by atoms with Crippen LogP contribution >= 0.6 is 12.2 Å². The summed E-state index contributed by atoms with van der Waals surface area (Å²) in [5.41, 5.74) is 0. The first-order chi connectivity index (χ1) is 7.00. The molecular weight excluding hydrogens is 208 g/mol. The Labute approximate surface area is 99.2 Å². The average molecular weight is 232 g/mol. The highest BCUT2D eigenvalue weighted by molar-refractivity contribution is 7.80. The van der Waals surface area contributed by atoms with E-state index in [1.165, 1.54) is 0 Å². The van der Waals surface area contributed by atoms with Crippen molar-refractivity contribution in [2.45, 2.75) is 33.2 Å². The van der Waals surface area contributed by atoms with E-state index in [9.17, 15) is 0 Å². The summed E-state index contributed by atoms with van der Waals surface area (Å²) < 4.78 is 4.97. The van der Waals surface area contributed by atoms with Crippen molar-refractivity contribution in [2.24, 2.45) is 5.92 Å². The fraction of sp³-hybridized carbons (Fsp3) is 0.909. The summed E-state index contributed by atoms with van der Waals surface area (Å²) in [6.45, 7) is 8.25. The van der Waals surface area contributed by atoms with E-state index < -0.39 is 0 Å². The highest BCUT2D eigenvalue weighted by atomic mass is 32.1. The Balaban J connectivity index is 3.79. The van der Waals surface area contributed by atoms with Crippen LogP contribution in [0.1, 0.15) is 27.2 Å². The number of rotatable bonds is 6. The van der Waals surface area contributed by atoms with E-state index in [2.05, 4.69) is 31.0 Å². The molecule has 0 spiro atoms. The fourth-order valence-electron chi connectivity index (χ4n) is 1.17. The molecular formula is C11H24N2OS. The molecule has 1 N–H and O–H groups in total. The molecule has 0 aromatic carbocycles. The molecule has 15 heavy (non-hydrogen) atoms. The summed E-state index contributed by atoms with van der Waals surface area (Å²) in [4.78, 5) is 2.12. The monoisotopic (exact) mass is 232 g/mol. The Bertz CT molecular complexity index is 185. The number of nitrogens with zero attached hydrogens (tertiary/aromatic N) is 1. The van der Waals surface area contributed by atoms with Crippen molar-refractivity contribution in [1.29, 1.82) is 0 Å². The molecule has 1 unspecified atom stereocenters. The van der Waals surface area contributed by atoms with Gasteiger partial charge < -0.3 is 15.0 Å². The van der Waals surface area contributed by atoms with E-state index in [4.69, 9.17) is 17.0 Å². The smallest absolute Gasteiger partial charge is 0.168 e. The van der Waals surface area contributed by atoms with Crippen LogP contribution in [0.3, 0.4) is 0 Å². The van der Waals surface area contributed by atoms with Crippen molar-refractivity contribution < 1.29 is 4.74 Å². The number of ether oxygens (including phenoxy) is 1. The summed E-state index contributed by atoms with van der Waals surface area (Å²) in [6.07, 6.45) is 0.987. The summed E-state index contributed by atoms with van der Waals surface area (Å²) >= 11 is 5.30. The molecule has 0 aromatic heterocycles. The predicted molar refractivity (Wildman–Crippen MR) is 69.2 cm³/mol. The molecule has 0 heterocycles. The first-order valence-electron chi connectivity index (χ1n) is 5.50. The maximum absolute atomic E-state index is 5.30. The topological polar surface area (TPSA) is 24.5 Å². The van der Waals surface area contributed by atoms with Gasteiger partial charge in [0.05, 0.1) is 0 Å². The minimum atomic E-state index is 0.465. The molecule has 0 aliphatic carbocycles. The molecule has 0 aliphatic heterocycles. The van der Waals surface area contributed by atoms with Gasteiger partial charge >= 0.3 is 0 Å². The van der Waals surface area contributed by atoms with Crippen molar-refractivity contribution >= 4 is 17.3 Å². The number of thiocarbonyl (C=S) groups is 1. The molecule has 0 rings (SSSR count). The van der Waals surface area contributed by atoms with E-state index in [0.29, 0.717) is 12.0 Å². The zero-order valence-corrected chi connectivity index (χ0v) is 11.4. The van der Waals surface area contributed by atoms with Crippen LogP contribution in [-0.2, 0) is 4.74 Å². The zero-order valence-electron chi connectivity index (χ0n) is 10.5. The highest BCUT2D eigenvalue weighted by Crippen LogP contribution is 2.07. The molecule has 3 nitrogen and oxygen atoms in total. The van der Waals surface area contributed by atoms with Gasteiger partial charge in [0.1, 0.15) is 0 Å². The van der Waals surface area contributed by atoms with Crippen LogP contribution in [-0.4, -0.2) is 43.4 Å². The quantitative estimate of drug-likeness (QED) is 0.558. The van der Waals surface area contributed by atoms with Gasteiger partial charge in [-0.15, -0.1) is 0 Å². The van der Waals surface area contributed by atoms with E-state index >= 15 is 0 Å². The lowest BCUT2D eigenvalue weighted by atomic mass is 10.1. The Kier molecular flexibility index (Phi) is 7.70. The van der Waals surface area contributed by atoms with Gasteiger partial charge in [-0.3, -0.25) is 0 Å². The molecule has 0 saturated carbocycles. The second-order valence-electron chi connectivity index (χ2n) is 4.17. The minimum absolute atomic E-state index is 0.465. The van der Waals surface area contributed by atoms with Crippen LogP contribution < -0.4 is 5.32 Å².